The first-order valence-corrected chi connectivity index (χ1v) is 12.1. The van der Waals surface area contributed by atoms with Crippen molar-refractivity contribution >= 4 is 33.6 Å². The summed E-state index contributed by atoms with van der Waals surface area (Å²) >= 11 is 0. The molecule has 0 unspecified atom stereocenters. The monoisotopic (exact) mass is 473 g/mol. The van der Waals surface area contributed by atoms with Crippen molar-refractivity contribution < 1.29 is 27.5 Å². The standard InChI is InChI=1S/C23H27N3O6S/c1-16(2)14-24-23(29)25-21(27)15-32-22(28)18-9-11-19(12-10-18)33(30,31)26-13-5-7-17-6-3-4-8-20(17)26/h3-4,6,8-12,16H,5,7,13-15H2,1-2H3,(H2,24,25,27,29). The van der Waals surface area contributed by atoms with Crippen molar-refractivity contribution in [3.8, 4) is 0 Å². The van der Waals surface area contributed by atoms with Crippen LogP contribution in [0.4, 0.5) is 10.5 Å². The minimum absolute atomic E-state index is 0.0512. The zero-order chi connectivity index (χ0) is 24.0. The molecular weight excluding hydrogens is 446 g/mol. The Morgan fingerprint density at radius 1 is 1.06 bits per heavy atom. The average molecular weight is 474 g/mol. The molecule has 0 aromatic heterocycles. The summed E-state index contributed by atoms with van der Waals surface area (Å²) in [5.41, 5.74) is 1.73. The summed E-state index contributed by atoms with van der Waals surface area (Å²) in [6, 6.07) is 12.1. The van der Waals surface area contributed by atoms with Crippen LogP contribution in [0.3, 0.4) is 0 Å². The highest BCUT2D eigenvalue weighted by atomic mass is 32.2. The first-order valence-electron chi connectivity index (χ1n) is 10.6. The number of nitrogens with zero attached hydrogens (tertiary/aromatic N) is 1. The highest BCUT2D eigenvalue weighted by Crippen LogP contribution is 2.31. The van der Waals surface area contributed by atoms with Gasteiger partial charge >= 0.3 is 12.0 Å². The maximum Gasteiger partial charge on any atom is 0.338 e. The number of ether oxygens (including phenoxy) is 1. The van der Waals surface area contributed by atoms with Crippen molar-refractivity contribution in [2.45, 2.75) is 31.6 Å². The van der Waals surface area contributed by atoms with Crippen LogP contribution in [0.2, 0.25) is 0 Å². The molecule has 9 nitrogen and oxygen atoms in total. The van der Waals surface area contributed by atoms with E-state index in [1.807, 2.05) is 26.0 Å². The number of fused-ring (bicyclic) bond motifs is 1. The third-order valence-corrected chi connectivity index (χ3v) is 6.83. The normalized spacial score (nSPS) is 13.2. The predicted molar refractivity (Wildman–Crippen MR) is 122 cm³/mol. The van der Waals surface area contributed by atoms with E-state index in [9.17, 15) is 22.8 Å². The minimum Gasteiger partial charge on any atom is -0.452 e. The van der Waals surface area contributed by atoms with Crippen LogP contribution in [0.25, 0.3) is 0 Å². The Balaban J connectivity index is 1.60. The van der Waals surface area contributed by atoms with Gasteiger partial charge in [-0.05, 0) is 54.7 Å². The summed E-state index contributed by atoms with van der Waals surface area (Å²) in [5, 5.41) is 4.58. The largest absolute Gasteiger partial charge is 0.452 e. The molecule has 0 radical (unpaired) electrons. The van der Waals surface area contributed by atoms with Gasteiger partial charge in [-0.15, -0.1) is 0 Å². The number of anilines is 1. The molecule has 0 bridgehead atoms. The third-order valence-electron chi connectivity index (χ3n) is 5.00. The Morgan fingerprint density at radius 2 is 1.76 bits per heavy atom. The number of aryl methyl sites for hydroxylation is 1. The molecule has 1 heterocycles. The fourth-order valence-electron chi connectivity index (χ4n) is 3.36. The second-order valence-corrected chi connectivity index (χ2v) is 9.92. The second kappa shape index (κ2) is 10.5. The van der Waals surface area contributed by atoms with E-state index in [1.54, 1.807) is 12.1 Å². The van der Waals surface area contributed by atoms with Gasteiger partial charge in [0.05, 0.1) is 16.1 Å². The van der Waals surface area contributed by atoms with E-state index in [0.717, 1.165) is 18.4 Å². The smallest absolute Gasteiger partial charge is 0.338 e. The number of amides is 3. The molecule has 10 heteroatoms. The molecular formula is C23H27N3O6S. The first-order chi connectivity index (χ1) is 15.7. The van der Waals surface area contributed by atoms with Crippen molar-refractivity contribution in [3.63, 3.8) is 0 Å². The van der Waals surface area contributed by atoms with Gasteiger partial charge in [0.25, 0.3) is 15.9 Å². The van der Waals surface area contributed by atoms with Crippen molar-refractivity contribution in [2.75, 3.05) is 24.0 Å². The highest BCUT2D eigenvalue weighted by Gasteiger charge is 2.29. The zero-order valence-electron chi connectivity index (χ0n) is 18.5. The number of hydrogen-bond acceptors (Lipinski definition) is 6. The number of para-hydroxylation sites is 1. The van der Waals surface area contributed by atoms with Crippen molar-refractivity contribution in [1.29, 1.82) is 0 Å². The third kappa shape index (κ3) is 6.10. The Labute approximate surface area is 193 Å². The van der Waals surface area contributed by atoms with E-state index in [-0.39, 0.29) is 16.4 Å². The fourth-order valence-corrected chi connectivity index (χ4v) is 4.90. The molecule has 3 rings (SSSR count). The van der Waals surface area contributed by atoms with Gasteiger partial charge in [0.15, 0.2) is 6.61 Å². The van der Waals surface area contributed by atoms with E-state index >= 15 is 0 Å². The second-order valence-electron chi connectivity index (χ2n) is 8.06. The average Bonchev–Trinajstić information content (AvgIpc) is 2.81. The lowest BCUT2D eigenvalue weighted by atomic mass is 10.0. The van der Waals surface area contributed by atoms with Crippen LogP contribution in [0.1, 0.15) is 36.2 Å². The van der Waals surface area contributed by atoms with Gasteiger partial charge in [-0.25, -0.2) is 18.0 Å². The van der Waals surface area contributed by atoms with E-state index < -0.39 is 34.5 Å². The number of rotatable bonds is 7. The Morgan fingerprint density at radius 3 is 2.45 bits per heavy atom. The summed E-state index contributed by atoms with van der Waals surface area (Å²) in [7, 11) is -3.80. The number of carbonyl (C=O) groups excluding carboxylic acids is 3. The van der Waals surface area contributed by atoms with Gasteiger partial charge in [0.1, 0.15) is 0 Å². The summed E-state index contributed by atoms with van der Waals surface area (Å²) in [6.45, 7) is 3.95. The van der Waals surface area contributed by atoms with E-state index in [2.05, 4.69) is 10.6 Å². The molecule has 1 aliphatic rings. The molecule has 176 valence electrons. The SMILES string of the molecule is CC(C)CNC(=O)NC(=O)COC(=O)c1ccc(S(=O)(=O)N2CCCc3ccccc32)cc1. The molecule has 0 saturated carbocycles. The van der Waals surface area contributed by atoms with Crippen LogP contribution in [-0.2, 0) is 26.0 Å². The number of nitrogens with one attached hydrogen (secondary N) is 2. The Bertz CT molecular complexity index is 1130. The van der Waals surface area contributed by atoms with Gasteiger partial charge in [0.2, 0.25) is 0 Å². The molecule has 0 aliphatic carbocycles. The molecule has 33 heavy (non-hydrogen) atoms. The van der Waals surface area contributed by atoms with Crippen LogP contribution in [0.5, 0.6) is 0 Å². The number of imide groups is 1. The number of benzene rings is 2. The minimum atomic E-state index is -3.80. The molecule has 0 atom stereocenters. The van der Waals surface area contributed by atoms with Crippen LogP contribution < -0.4 is 14.9 Å². The predicted octanol–water partition coefficient (Wildman–Crippen LogP) is 2.47. The lowest BCUT2D eigenvalue weighted by Gasteiger charge is -2.30. The molecule has 2 aromatic rings. The summed E-state index contributed by atoms with van der Waals surface area (Å²) in [4.78, 5) is 35.6. The van der Waals surface area contributed by atoms with Gasteiger partial charge in [-0.3, -0.25) is 14.4 Å². The first kappa shape index (κ1) is 24.2. The van der Waals surface area contributed by atoms with Crippen LogP contribution in [0, 0.1) is 5.92 Å². The van der Waals surface area contributed by atoms with E-state index in [1.165, 1.54) is 28.6 Å². The molecule has 2 N–H and O–H groups in total. The summed E-state index contributed by atoms with van der Waals surface area (Å²) < 4.78 is 32.6. The van der Waals surface area contributed by atoms with Gasteiger partial charge in [-0.1, -0.05) is 32.0 Å². The van der Waals surface area contributed by atoms with E-state index in [0.29, 0.717) is 18.8 Å². The van der Waals surface area contributed by atoms with Gasteiger partial charge < -0.3 is 10.1 Å². The Hall–Kier alpha value is -3.40. The van der Waals surface area contributed by atoms with E-state index in [4.69, 9.17) is 4.74 Å². The molecule has 3 amide bonds. The van der Waals surface area contributed by atoms with Crippen molar-refractivity contribution in [3.05, 3.63) is 59.7 Å². The lowest BCUT2D eigenvalue weighted by molar-refractivity contribution is -0.123. The number of sulfonamides is 1. The van der Waals surface area contributed by atoms with Crippen molar-refractivity contribution in [2.24, 2.45) is 5.92 Å². The Kier molecular flexibility index (Phi) is 7.70. The topological polar surface area (TPSA) is 122 Å². The summed E-state index contributed by atoms with van der Waals surface area (Å²) in [6.07, 6.45) is 1.54. The lowest BCUT2D eigenvalue weighted by Crippen LogP contribution is -2.42. The molecule has 1 aliphatic heterocycles. The summed E-state index contributed by atoms with van der Waals surface area (Å²) in [5.74, 6) is -1.35. The number of carbonyl (C=O) groups is 3. The molecule has 2 aromatic carbocycles. The quantitative estimate of drug-likeness (QED) is 0.596. The maximum absolute atomic E-state index is 13.2. The van der Waals surface area contributed by atoms with Gasteiger partial charge in [-0.2, -0.15) is 0 Å². The number of esters is 1. The van der Waals surface area contributed by atoms with Crippen LogP contribution in [-0.4, -0.2) is 46.0 Å². The maximum atomic E-state index is 13.2. The number of urea groups is 1. The molecule has 0 spiro atoms. The van der Waals surface area contributed by atoms with Crippen LogP contribution >= 0.6 is 0 Å². The highest BCUT2D eigenvalue weighted by molar-refractivity contribution is 7.92. The number of hydrogen-bond donors (Lipinski definition) is 2. The zero-order valence-corrected chi connectivity index (χ0v) is 19.4. The van der Waals surface area contributed by atoms with Gasteiger partial charge in [0, 0.05) is 13.1 Å². The van der Waals surface area contributed by atoms with Crippen molar-refractivity contribution in [1.82, 2.24) is 10.6 Å². The molecule has 0 saturated heterocycles. The molecule has 0 fully saturated rings. The fraction of sp³-hybridized carbons (Fsp3) is 0.348. The van der Waals surface area contributed by atoms with Crippen LogP contribution in [0.15, 0.2) is 53.4 Å².